The van der Waals surface area contributed by atoms with Gasteiger partial charge < -0.3 is 5.32 Å². The number of amides is 2. The molecular formula is C9H13F3N2O2. The third-order valence-corrected chi connectivity index (χ3v) is 2.41. The van der Waals surface area contributed by atoms with Gasteiger partial charge in [0.25, 0.3) is 0 Å². The molecule has 4 nitrogen and oxygen atoms in total. The highest BCUT2D eigenvalue weighted by atomic mass is 19.4. The summed E-state index contributed by atoms with van der Waals surface area (Å²) in [4.78, 5) is 23.4. The number of nitrogens with zero attached hydrogens (tertiary/aromatic N) is 1. The number of carbonyl (C=O) groups is 2. The fourth-order valence-electron chi connectivity index (χ4n) is 1.48. The van der Waals surface area contributed by atoms with Crippen LogP contribution in [0.3, 0.4) is 0 Å². The van der Waals surface area contributed by atoms with Crippen LogP contribution in [0.4, 0.5) is 13.2 Å². The van der Waals surface area contributed by atoms with E-state index in [1.54, 1.807) is 0 Å². The van der Waals surface area contributed by atoms with Crippen LogP contribution < -0.4 is 5.32 Å². The van der Waals surface area contributed by atoms with Gasteiger partial charge in [-0.15, -0.1) is 0 Å². The second-order valence-electron chi connectivity index (χ2n) is 3.72. The fourth-order valence-corrected chi connectivity index (χ4v) is 1.48. The molecule has 0 radical (unpaired) electrons. The minimum atomic E-state index is -4.17. The summed E-state index contributed by atoms with van der Waals surface area (Å²) in [5.74, 6) is -0.685. The van der Waals surface area contributed by atoms with Crippen molar-refractivity contribution in [1.82, 2.24) is 10.2 Å². The quantitative estimate of drug-likeness (QED) is 0.578. The predicted molar refractivity (Wildman–Crippen MR) is 49.5 cm³/mol. The Morgan fingerprint density at radius 2 is 2.06 bits per heavy atom. The maximum absolute atomic E-state index is 11.8. The summed E-state index contributed by atoms with van der Waals surface area (Å²) < 4.78 is 35.4. The van der Waals surface area contributed by atoms with Crippen molar-refractivity contribution in [2.45, 2.75) is 31.5 Å². The van der Waals surface area contributed by atoms with Crippen LogP contribution in [-0.2, 0) is 9.59 Å². The molecule has 1 saturated heterocycles. The Morgan fingerprint density at radius 3 is 2.50 bits per heavy atom. The highest BCUT2D eigenvalue weighted by Gasteiger charge is 2.35. The molecule has 7 heteroatoms. The monoisotopic (exact) mass is 238 g/mol. The topological polar surface area (TPSA) is 49.4 Å². The van der Waals surface area contributed by atoms with Gasteiger partial charge in [-0.25, -0.2) is 0 Å². The Balaban J connectivity index is 2.25. The first-order valence-electron chi connectivity index (χ1n) is 4.92. The van der Waals surface area contributed by atoms with Crippen LogP contribution in [-0.4, -0.2) is 42.5 Å². The highest BCUT2D eigenvalue weighted by Crippen LogP contribution is 2.21. The highest BCUT2D eigenvalue weighted by molar-refractivity contribution is 6.05. The smallest absolute Gasteiger partial charge is 0.305 e. The molecular weight excluding hydrogens is 225 g/mol. The molecule has 0 saturated carbocycles. The van der Waals surface area contributed by atoms with Gasteiger partial charge in [-0.3, -0.25) is 14.5 Å². The van der Waals surface area contributed by atoms with E-state index in [9.17, 15) is 22.8 Å². The van der Waals surface area contributed by atoms with Crippen molar-refractivity contribution in [1.29, 1.82) is 0 Å². The minimum Gasteiger partial charge on any atom is -0.305 e. The van der Waals surface area contributed by atoms with Crippen LogP contribution in [0.15, 0.2) is 0 Å². The van der Waals surface area contributed by atoms with E-state index < -0.39 is 18.6 Å². The van der Waals surface area contributed by atoms with E-state index in [1.165, 1.54) is 7.05 Å². The molecule has 1 aliphatic rings. The first-order chi connectivity index (χ1) is 7.31. The molecule has 1 atom stereocenters. The van der Waals surface area contributed by atoms with Crippen molar-refractivity contribution in [3.05, 3.63) is 0 Å². The van der Waals surface area contributed by atoms with E-state index in [-0.39, 0.29) is 31.2 Å². The average Bonchev–Trinajstić information content (AvgIpc) is 2.40. The number of carbonyl (C=O) groups excluding carboxylic acids is 2. The van der Waals surface area contributed by atoms with Crippen LogP contribution in [0, 0.1) is 0 Å². The van der Waals surface area contributed by atoms with Gasteiger partial charge in [-0.1, -0.05) is 0 Å². The molecule has 0 spiro atoms. The number of alkyl halides is 3. The molecule has 0 aliphatic carbocycles. The van der Waals surface area contributed by atoms with Gasteiger partial charge in [0.05, 0.1) is 12.5 Å². The predicted octanol–water partition coefficient (Wildman–Crippen LogP) is 0.676. The molecule has 1 unspecified atom stereocenters. The molecule has 0 aromatic rings. The number of likely N-dealkylation sites (N-methyl/N-ethyl adjacent to an activating group) is 1. The van der Waals surface area contributed by atoms with E-state index >= 15 is 0 Å². The Labute approximate surface area is 90.8 Å². The number of halogens is 3. The standard InChI is InChI=1S/C9H13F3N2O2/c1-14-7(15)5-6(8(14)16)13-4-2-3-9(10,11)12/h6,13H,2-5H2,1H3. The van der Waals surface area contributed by atoms with E-state index in [2.05, 4.69) is 5.32 Å². The van der Waals surface area contributed by atoms with Gasteiger partial charge in [0.2, 0.25) is 11.8 Å². The molecule has 0 aromatic carbocycles. The van der Waals surface area contributed by atoms with E-state index in [1.807, 2.05) is 0 Å². The van der Waals surface area contributed by atoms with Crippen LogP contribution in [0.5, 0.6) is 0 Å². The summed E-state index contributed by atoms with van der Waals surface area (Å²) in [7, 11) is 1.36. The molecule has 1 N–H and O–H groups in total. The van der Waals surface area contributed by atoms with Gasteiger partial charge in [-0.05, 0) is 13.0 Å². The lowest BCUT2D eigenvalue weighted by molar-refractivity contribution is -0.137. The molecule has 1 heterocycles. The lowest BCUT2D eigenvalue weighted by atomic mass is 10.2. The van der Waals surface area contributed by atoms with E-state index in [4.69, 9.17) is 0 Å². The summed E-state index contributed by atoms with van der Waals surface area (Å²) in [5, 5.41) is 2.65. The minimum absolute atomic E-state index is 0.0291. The Kier molecular flexibility index (Phi) is 3.90. The van der Waals surface area contributed by atoms with Crippen LogP contribution in [0.1, 0.15) is 19.3 Å². The summed E-state index contributed by atoms with van der Waals surface area (Å²) in [5.41, 5.74) is 0. The van der Waals surface area contributed by atoms with Crippen molar-refractivity contribution in [3.63, 3.8) is 0 Å². The number of rotatable bonds is 4. The number of nitrogens with one attached hydrogen (secondary N) is 1. The number of imide groups is 1. The van der Waals surface area contributed by atoms with Crippen molar-refractivity contribution < 1.29 is 22.8 Å². The SMILES string of the molecule is CN1C(=O)CC(NCCCC(F)(F)F)C1=O. The fraction of sp³-hybridized carbons (Fsp3) is 0.778. The second-order valence-corrected chi connectivity index (χ2v) is 3.72. The van der Waals surface area contributed by atoms with Gasteiger partial charge in [0.1, 0.15) is 0 Å². The van der Waals surface area contributed by atoms with Crippen molar-refractivity contribution >= 4 is 11.8 Å². The zero-order chi connectivity index (χ0) is 12.3. The summed E-state index contributed by atoms with van der Waals surface area (Å²) in [6.45, 7) is 0.0804. The lowest BCUT2D eigenvalue weighted by Crippen LogP contribution is -2.37. The van der Waals surface area contributed by atoms with Crippen LogP contribution in [0.2, 0.25) is 0 Å². The Hall–Kier alpha value is -1.11. The molecule has 16 heavy (non-hydrogen) atoms. The number of likely N-dealkylation sites (tertiary alicyclic amines) is 1. The Morgan fingerprint density at radius 1 is 1.44 bits per heavy atom. The second kappa shape index (κ2) is 4.82. The molecule has 0 bridgehead atoms. The maximum atomic E-state index is 11.8. The van der Waals surface area contributed by atoms with E-state index in [0.29, 0.717) is 0 Å². The summed E-state index contributed by atoms with van der Waals surface area (Å²) in [6, 6.07) is -0.661. The largest absolute Gasteiger partial charge is 0.389 e. The van der Waals surface area contributed by atoms with Crippen LogP contribution >= 0.6 is 0 Å². The zero-order valence-electron chi connectivity index (χ0n) is 8.80. The number of hydrogen-bond donors (Lipinski definition) is 1. The third kappa shape index (κ3) is 3.48. The normalized spacial score (nSPS) is 22.0. The maximum Gasteiger partial charge on any atom is 0.389 e. The molecule has 92 valence electrons. The van der Waals surface area contributed by atoms with Gasteiger partial charge >= 0.3 is 6.18 Å². The van der Waals surface area contributed by atoms with E-state index in [0.717, 1.165) is 4.90 Å². The Bertz CT molecular complexity index is 291. The lowest BCUT2D eigenvalue weighted by Gasteiger charge is -2.11. The zero-order valence-corrected chi connectivity index (χ0v) is 8.80. The first kappa shape index (κ1) is 13.0. The molecule has 0 aromatic heterocycles. The van der Waals surface area contributed by atoms with Gasteiger partial charge in [0.15, 0.2) is 0 Å². The number of hydrogen-bond acceptors (Lipinski definition) is 3. The molecule has 1 aliphatic heterocycles. The first-order valence-corrected chi connectivity index (χ1v) is 4.92. The summed E-state index contributed by atoms with van der Waals surface area (Å²) in [6.07, 6.45) is -5.12. The van der Waals surface area contributed by atoms with Crippen molar-refractivity contribution in [2.75, 3.05) is 13.6 Å². The molecule has 1 rings (SSSR count). The summed E-state index contributed by atoms with van der Waals surface area (Å²) >= 11 is 0. The van der Waals surface area contributed by atoms with Gasteiger partial charge in [-0.2, -0.15) is 13.2 Å². The molecule has 2 amide bonds. The van der Waals surface area contributed by atoms with Crippen molar-refractivity contribution in [2.24, 2.45) is 0 Å². The molecule has 1 fully saturated rings. The van der Waals surface area contributed by atoms with Crippen molar-refractivity contribution in [3.8, 4) is 0 Å². The third-order valence-electron chi connectivity index (χ3n) is 2.41. The average molecular weight is 238 g/mol. The van der Waals surface area contributed by atoms with Crippen LogP contribution in [0.25, 0.3) is 0 Å². The van der Waals surface area contributed by atoms with Gasteiger partial charge in [0, 0.05) is 13.5 Å².